The maximum atomic E-state index is 5.62. The molecule has 0 aliphatic rings. The number of thiocarbonyl (C=S) groups is 1. The molecule has 0 amide bonds. The van der Waals surface area contributed by atoms with Gasteiger partial charge in [0.1, 0.15) is 4.99 Å². The second kappa shape index (κ2) is 6.01. The summed E-state index contributed by atoms with van der Waals surface area (Å²) in [5, 5.41) is 3.58. The molecule has 1 aromatic rings. The van der Waals surface area contributed by atoms with Crippen LogP contribution >= 0.6 is 12.2 Å². The lowest BCUT2D eigenvalue weighted by molar-refractivity contribution is 0.511. The van der Waals surface area contributed by atoms with Crippen LogP contribution in [0.5, 0.6) is 0 Å². The van der Waals surface area contributed by atoms with Crippen molar-refractivity contribution in [3.05, 3.63) is 29.3 Å². The molecule has 0 aliphatic carbocycles. The van der Waals surface area contributed by atoms with Crippen LogP contribution in [0.1, 0.15) is 38.3 Å². The summed E-state index contributed by atoms with van der Waals surface area (Å²) in [5.41, 5.74) is 8.91. The van der Waals surface area contributed by atoms with E-state index >= 15 is 0 Å². The van der Waals surface area contributed by atoms with Crippen LogP contribution < -0.4 is 11.1 Å². The lowest BCUT2D eigenvalue weighted by atomic mass is 10.0. The zero-order chi connectivity index (χ0) is 13.0. The molecule has 3 heteroatoms. The zero-order valence-electron chi connectivity index (χ0n) is 11.1. The van der Waals surface area contributed by atoms with Crippen LogP contribution in [-0.2, 0) is 0 Å². The Balaban J connectivity index is 2.89. The fourth-order valence-corrected chi connectivity index (χ4v) is 2.05. The number of hydrogen-bond acceptors (Lipinski definition) is 2. The molecule has 1 unspecified atom stereocenters. The zero-order valence-corrected chi connectivity index (χ0v) is 11.9. The Morgan fingerprint density at radius 2 is 2.06 bits per heavy atom. The van der Waals surface area contributed by atoms with Gasteiger partial charge in [-0.05, 0) is 43.0 Å². The van der Waals surface area contributed by atoms with Crippen LogP contribution in [0.3, 0.4) is 0 Å². The Morgan fingerprint density at radius 3 is 2.47 bits per heavy atom. The molecule has 0 saturated carbocycles. The Labute approximate surface area is 110 Å². The van der Waals surface area contributed by atoms with Gasteiger partial charge in [0.25, 0.3) is 0 Å². The van der Waals surface area contributed by atoms with Crippen LogP contribution in [0.15, 0.2) is 18.2 Å². The number of benzene rings is 1. The second-order valence-corrected chi connectivity index (χ2v) is 5.24. The number of hydrogen-bond donors (Lipinski definition) is 2. The van der Waals surface area contributed by atoms with E-state index in [4.69, 9.17) is 18.0 Å². The average Bonchev–Trinajstić information content (AvgIpc) is 2.26. The summed E-state index contributed by atoms with van der Waals surface area (Å²) < 4.78 is 0. The molecule has 2 nitrogen and oxygen atoms in total. The Bertz CT molecular complexity index is 399. The number of rotatable bonds is 5. The monoisotopic (exact) mass is 250 g/mol. The first-order chi connectivity index (χ1) is 7.95. The highest BCUT2D eigenvalue weighted by Crippen LogP contribution is 2.20. The smallest absolute Gasteiger partial charge is 0.103 e. The number of nitrogens with one attached hydrogen (secondary N) is 1. The van der Waals surface area contributed by atoms with E-state index in [0.29, 0.717) is 16.9 Å². The summed E-state index contributed by atoms with van der Waals surface area (Å²) in [4.78, 5) is 0.454. The maximum Gasteiger partial charge on any atom is 0.103 e. The third-order valence-corrected chi connectivity index (χ3v) is 3.33. The second-order valence-electron chi connectivity index (χ2n) is 4.80. The van der Waals surface area contributed by atoms with Crippen LogP contribution in [-0.4, -0.2) is 11.0 Å². The molecule has 17 heavy (non-hydrogen) atoms. The highest BCUT2D eigenvalue weighted by molar-refractivity contribution is 7.80. The van der Waals surface area contributed by atoms with Gasteiger partial charge in [-0.2, -0.15) is 0 Å². The standard InChI is InChI=1S/C14H22N2S/c1-5-12(9(2)3)16-13-7-6-11(14(15)17)8-10(13)4/h6-9,12,16H,5H2,1-4H3,(H2,15,17). The summed E-state index contributed by atoms with van der Waals surface area (Å²) in [6.07, 6.45) is 1.12. The Kier molecular flexibility index (Phi) is 4.94. The molecule has 3 N–H and O–H groups in total. The first-order valence-electron chi connectivity index (χ1n) is 6.12. The van der Waals surface area contributed by atoms with Gasteiger partial charge in [-0.1, -0.05) is 33.0 Å². The molecule has 0 heterocycles. The molecule has 0 radical (unpaired) electrons. The number of anilines is 1. The van der Waals surface area contributed by atoms with E-state index in [1.165, 1.54) is 11.3 Å². The van der Waals surface area contributed by atoms with Crippen molar-refractivity contribution in [2.45, 2.75) is 40.2 Å². The van der Waals surface area contributed by atoms with Crippen molar-refractivity contribution in [1.29, 1.82) is 0 Å². The Hall–Kier alpha value is -1.09. The van der Waals surface area contributed by atoms with Crippen molar-refractivity contribution < 1.29 is 0 Å². The molecular weight excluding hydrogens is 228 g/mol. The number of aryl methyl sites for hydroxylation is 1. The van der Waals surface area contributed by atoms with E-state index < -0.39 is 0 Å². The third kappa shape index (κ3) is 3.70. The summed E-state index contributed by atoms with van der Waals surface area (Å²) >= 11 is 4.97. The largest absolute Gasteiger partial charge is 0.389 e. The van der Waals surface area contributed by atoms with E-state index in [2.05, 4.69) is 39.1 Å². The molecule has 0 fully saturated rings. The predicted molar refractivity (Wildman–Crippen MR) is 79.6 cm³/mol. The molecule has 94 valence electrons. The van der Waals surface area contributed by atoms with Crippen molar-refractivity contribution in [1.82, 2.24) is 0 Å². The van der Waals surface area contributed by atoms with E-state index in [1.54, 1.807) is 0 Å². The van der Waals surface area contributed by atoms with Crippen LogP contribution in [0, 0.1) is 12.8 Å². The van der Waals surface area contributed by atoms with Gasteiger partial charge in [-0.15, -0.1) is 0 Å². The van der Waals surface area contributed by atoms with Gasteiger partial charge in [-0.3, -0.25) is 0 Å². The highest BCUT2D eigenvalue weighted by Gasteiger charge is 2.11. The summed E-state index contributed by atoms with van der Waals surface area (Å²) in [7, 11) is 0. The van der Waals surface area contributed by atoms with Crippen molar-refractivity contribution in [3.8, 4) is 0 Å². The molecule has 0 aromatic heterocycles. The van der Waals surface area contributed by atoms with Crippen LogP contribution in [0.2, 0.25) is 0 Å². The van der Waals surface area contributed by atoms with Gasteiger partial charge in [0, 0.05) is 17.3 Å². The molecule has 1 aromatic carbocycles. The average molecular weight is 250 g/mol. The minimum Gasteiger partial charge on any atom is -0.389 e. The lowest BCUT2D eigenvalue weighted by Gasteiger charge is -2.23. The van der Waals surface area contributed by atoms with Gasteiger partial charge >= 0.3 is 0 Å². The fraction of sp³-hybridized carbons (Fsp3) is 0.500. The minimum atomic E-state index is 0.454. The van der Waals surface area contributed by atoms with E-state index in [-0.39, 0.29) is 0 Å². The van der Waals surface area contributed by atoms with Gasteiger partial charge in [0.15, 0.2) is 0 Å². The topological polar surface area (TPSA) is 38.0 Å². The minimum absolute atomic E-state index is 0.454. The SMILES string of the molecule is CCC(Nc1ccc(C(N)=S)cc1C)C(C)C. The summed E-state index contributed by atoms with van der Waals surface area (Å²) in [6.45, 7) is 8.76. The van der Waals surface area contributed by atoms with Crippen LogP contribution in [0.4, 0.5) is 5.69 Å². The van der Waals surface area contributed by atoms with Gasteiger partial charge < -0.3 is 11.1 Å². The maximum absolute atomic E-state index is 5.62. The van der Waals surface area contributed by atoms with Crippen molar-refractivity contribution >= 4 is 22.9 Å². The molecule has 1 atom stereocenters. The summed E-state index contributed by atoms with van der Waals surface area (Å²) in [6, 6.07) is 6.58. The first-order valence-corrected chi connectivity index (χ1v) is 6.53. The van der Waals surface area contributed by atoms with E-state index in [9.17, 15) is 0 Å². The Morgan fingerprint density at radius 1 is 1.41 bits per heavy atom. The normalized spacial score (nSPS) is 12.5. The van der Waals surface area contributed by atoms with E-state index in [0.717, 1.165) is 12.0 Å². The van der Waals surface area contributed by atoms with E-state index in [1.807, 2.05) is 12.1 Å². The third-order valence-electron chi connectivity index (χ3n) is 3.10. The molecular formula is C14H22N2S. The fourth-order valence-electron chi connectivity index (χ4n) is 1.92. The molecule has 0 saturated heterocycles. The van der Waals surface area contributed by atoms with Gasteiger partial charge in [-0.25, -0.2) is 0 Å². The molecule has 1 rings (SSSR count). The molecule has 0 spiro atoms. The summed E-state index contributed by atoms with van der Waals surface area (Å²) in [5.74, 6) is 0.620. The predicted octanol–water partition coefficient (Wildman–Crippen LogP) is 3.48. The molecule has 0 bridgehead atoms. The van der Waals surface area contributed by atoms with Crippen molar-refractivity contribution in [2.75, 3.05) is 5.32 Å². The number of nitrogens with two attached hydrogens (primary N) is 1. The van der Waals surface area contributed by atoms with Crippen molar-refractivity contribution in [3.63, 3.8) is 0 Å². The first kappa shape index (κ1) is 14.0. The lowest BCUT2D eigenvalue weighted by Crippen LogP contribution is -2.25. The van der Waals surface area contributed by atoms with Crippen molar-refractivity contribution in [2.24, 2.45) is 11.7 Å². The highest BCUT2D eigenvalue weighted by atomic mass is 32.1. The van der Waals surface area contributed by atoms with Gasteiger partial charge in [0.2, 0.25) is 0 Å². The quantitative estimate of drug-likeness (QED) is 0.786. The van der Waals surface area contributed by atoms with Crippen LogP contribution in [0.25, 0.3) is 0 Å². The van der Waals surface area contributed by atoms with Gasteiger partial charge in [0.05, 0.1) is 0 Å². The molecule has 0 aliphatic heterocycles.